The normalized spacial score (nSPS) is 10.8. The quantitative estimate of drug-likeness (QED) is 0.652. The van der Waals surface area contributed by atoms with E-state index in [2.05, 4.69) is 10.9 Å². The highest BCUT2D eigenvalue weighted by molar-refractivity contribution is 7.89. The summed E-state index contributed by atoms with van der Waals surface area (Å²) in [5.74, 6) is -1.16. The lowest BCUT2D eigenvalue weighted by molar-refractivity contribution is -0.119. The fourth-order valence-corrected chi connectivity index (χ4v) is 2.15. The summed E-state index contributed by atoms with van der Waals surface area (Å²) in [4.78, 5) is 21.8. The van der Waals surface area contributed by atoms with Crippen LogP contribution in [-0.2, 0) is 14.8 Å². The van der Waals surface area contributed by atoms with Gasteiger partial charge >= 0.3 is 0 Å². The zero-order chi connectivity index (χ0) is 13.9. The van der Waals surface area contributed by atoms with Gasteiger partial charge in [0.25, 0.3) is 5.91 Å². The number of nitrogens with two attached hydrogens (primary N) is 1. The summed E-state index contributed by atoms with van der Waals surface area (Å²) in [6.07, 6.45) is 0. The monoisotopic (exact) mass is 291 g/mol. The molecule has 0 saturated heterocycles. The number of primary sulfonamides is 1. The second kappa shape index (κ2) is 5.34. The molecule has 0 radical (unpaired) electrons. The van der Waals surface area contributed by atoms with Crippen LogP contribution in [0.3, 0.4) is 0 Å². The summed E-state index contributed by atoms with van der Waals surface area (Å²) in [6.45, 7) is 1.21. The first-order valence-electron chi connectivity index (χ1n) is 4.61. The summed E-state index contributed by atoms with van der Waals surface area (Å²) in [7, 11) is -4.02. The molecule has 0 saturated carbocycles. The first-order chi connectivity index (χ1) is 8.21. The fourth-order valence-electron chi connectivity index (χ4n) is 1.08. The molecule has 4 N–H and O–H groups in total. The van der Waals surface area contributed by atoms with E-state index in [1.165, 1.54) is 19.1 Å². The third-order valence-electron chi connectivity index (χ3n) is 1.85. The van der Waals surface area contributed by atoms with Crippen LogP contribution < -0.4 is 16.0 Å². The number of halogens is 1. The predicted molar refractivity (Wildman–Crippen MR) is 64.1 cm³/mol. The number of carbonyl (C=O) groups is 2. The number of benzene rings is 1. The van der Waals surface area contributed by atoms with Crippen LogP contribution in [0.5, 0.6) is 0 Å². The van der Waals surface area contributed by atoms with Crippen molar-refractivity contribution in [3.05, 3.63) is 28.8 Å². The lowest BCUT2D eigenvalue weighted by atomic mass is 10.2. The number of hydrogen-bond acceptors (Lipinski definition) is 4. The SMILES string of the molecule is CC(=O)NNC(=O)c1ccc(Cl)c(S(N)(=O)=O)c1. The average Bonchev–Trinajstić information content (AvgIpc) is 2.24. The lowest BCUT2D eigenvalue weighted by Gasteiger charge is -2.07. The Balaban J connectivity index is 3.06. The van der Waals surface area contributed by atoms with Gasteiger partial charge in [0.2, 0.25) is 15.9 Å². The number of carbonyl (C=O) groups excluding carboxylic acids is 2. The maximum Gasteiger partial charge on any atom is 0.269 e. The first kappa shape index (κ1) is 14.4. The molecular formula is C9H10ClN3O4S. The molecule has 0 fully saturated rings. The van der Waals surface area contributed by atoms with Gasteiger partial charge in [-0.25, -0.2) is 13.6 Å². The number of amides is 2. The molecule has 7 nitrogen and oxygen atoms in total. The van der Waals surface area contributed by atoms with Gasteiger partial charge in [-0.2, -0.15) is 0 Å². The maximum atomic E-state index is 11.5. The molecule has 98 valence electrons. The third-order valence-corrected chi connectivity index (χ3v) is 3.24. The van der Waals surface area contributed by atoms with E-state index in [0.29, 0.717) is 0 Å². The van der Waals surface area contributed by atoms with E-state index in [1.54, 1.807) is 0 Å². The molecule has 1 aromatic carbocycles. The molecule has 9 heteroatoms. The summed E-state index contributed by atoms with van der Waals surface area (Å²) >= 11 is 5.65. The second-order valence-corrected chi connectivity index (χ2v) is 5.26. The number of nitrogens with one attached hydrogen (secondary N) is 2. The molecule has 0 unspecified atom stereocenters. The Labute approximate surface area is 108 Å². The Morgan fingerprint density at radius 2 is 1.89 bits per heavy atom. The molecule has 0 aromatic heterocycles. The van der Waals surface area contributed by atoms with Gasteiger partial charge in [0.05, 0.1) is 5.02 Å². The zero-order valence-electron chi connectivity index (χ0n) is 9.23. The van der Waals surface area contributed by atoms with Crippen molar-refractivity contribution in [3.8, 4) is 0 Å². The molecule has 1 aromatic rings. The molecule has 0 aliphatic carbocycles. The standard InChI is InChI=1S/C9H10ClN3O4S/c1-5(14)12-13-9(15)6-2-3-7(10)8(4-6)18(11,16)17/h2-4H,1H3,(H,12,14)(H,13,15)(H2,11,16,17). The predicted octanol–water partition coefficient (Wildman–Crippen LogP) is -0.232. The molecule has 18 heavy (non-hydrogen) atoms. The minimum Gasteiger partial charge on any atom is -0.274 e. The Kier molecular flexibility index (Phi) is 4.28. The fraction of sp³-hybridized carbons (Fsp3) is 0.111. The molecule has 0 heterocycles. The van der Waals surface area contributed by atoms with Gasteiger partial charge in [-0.15, -0.1) is 0 Å². The van der Waals surface area contributed by atoms with Crippen LogP contribution in [0.1, 0.15) is 17.3 Å². The number of hydrogen-bond donors (Lipinski definition) is 3. The number of hydrazine groups is 1. The van der Waals surface area contributed by atoms with E-state index >= 15 is 0 Å². The molecule has 0 aliphatic heterocycles. The largest absolute Gasteiger partial charge is 0.274 e. The molecule has 0 atom stereocenters. The van der Waals surface area contributed by atoms with Crippen molar-refractivity contribution in [3.63, 3.8) is 0 Å². The van der Waals surface area contributed by atoms with Crippen molar-refractivity contribution >= 4 is 33.4 Å². The molecule has 2 amide bonds. The summed E-state index contributed by atoms with van der Waals surface area (Å²) in [5, 5.41) is 4.85. The Bertz CT molecular complexity index is 600. The van der Waals surface area contributed by atoms with Gasteiger partial charge < -0.3 is 0 Å². The van der Waals surface area contributed by atoms with Crippen molar-refractivity contribution in [2.45, 2.75) is 11.8 Å². The Hall–Kier alpha value is -1.64. The topological polar surface area (TPSA) is 118 Å². The van der Waals surface area contributed by atoms with Crippen molar-refractivity contribution in [1.82, 2.24) is 10.9 Å². The summed E-state index contributed by atoms with van der Waals surface area (Å²) in [5.41, 5.74) is 4.14. The van der Waals surface area contributed by atoms with E-state index < -0.39 is 21.8 Å². The minimum atomic E-state index is -4.02. The highest BCUT2D eigenvalue weighted by Gasteiger charge is 2.16. The molecule has 0 bridgehead atoms. The third kappa shape index (κ3) is 3.69. The highest BCUT2D eigenvalue weighted by Crippen LogP contribution is 2.21. The van der Waals surface area contributed by atoms with Crippen molar-refractivity contribution in [2.75, 3.05) is 0 Å². The molecular weight excluding hydrogens is 282 g/mol. The van der Waals surface area contributed by atoms with E-state index in [-0.39, 0.29) is 15.5 Å². The van der Waals surface area contributed by atoms with E-state index in [0.717, 1.165) is 6.07 Å². The summed E-state index contributed by atoms with van der Waals surface area (Å²) in [6, 6.07) is 3.55. The minimum absolute atomic E-state index is 0.00262. The van der Waals surface area contributed by atoms with Crippen LogP contribution in [0.4, 0.5) is 0 Å². The average molecular weight is 292 g/mol. The number of rotatable bonds is 2. The van der Waals surface area contributed by atoms with Gasteiger partial charge in [0, 0.05) is 12.5 Å². The summed E-state index contributed by atoms with van der Waals surface area (Å²) < 4.78 is 22.4. The van der Waals surface area contributed by atoms with E-state index in [1.807, 2.05) is 0 Å². The zero-order valence-corrected chi connectivity index (χ0v) is 10.8. The molecule has 1 rings (SSSR count). The van der Waals surface area contributed by atoms with Crippen molar-refractivity contribution in [2.24, 2.45) is 5.14 Å². The van der Waals surface area contributed by atoms with Gasteiger partial charge in [0.15, 0.2) is 0 Å². The number of sulfonamides is 1. The van der Waals surface area contributed by atoms with E-state index in [4.69, 9.17) is 16.7 Å². The molecule has 0 aliphatic rings. The second-order valence-electron chi connectivity index (χ2n) is 3.33. The Morgan fingerprint density at radius 1 is 1.28 bits per heavy atom. The van der Waals surface area contributed by atoms with Crippen LogP contribution in [0, 0.1) is 0 Å². The van der Waals surface area contributed by atoms with Crippen LogP contribution in [0.25, 0.3) is 0 Å². The molecule has 0 spiro atoms. The van der Waals surface area contributed by atoms with Crippen molar-refractivity contribution < 1.29 is 18.0 Å². The Morgan fingerprint density at radius 3 is 2.39 bits per heavy atom. The highest BCUT2D eigenvalue weighted by atomic mass is 35.5. The van der Waals surface area contributed by atoms with E-state index in [9.17, 15) is 18.0 Å². The van der Waals surface area contributed by atoms with Gasteiger partial charge in [-0.05, 0) is 18.2 Å². The van der Waals surface area contributed by atoms with Crippen molar-refractivity contribution in [1.29, 1.82) is 0 Å². The van der Waals surface area contributed by atoms with Crippen LogP contribution >= 0.6 is 11.6 Å². The lowest BCUT2D eigenvalue weighted by Crippen LogP contribution is -2.40. The van der Waals surface area contributed by atoms with Gasteiger partial charge in [-0.1, -0.05) is 11.6 Å². The smallest absolute Gasteiger partial charge is 0.269 e. The maximum absolute atomic E-state index is 11.5. The first-order valence-corrected chi connectivity index (χ1v) is 6.53. The van der Waals surface area contributed by atoms with Gasteiger partial charge in [0.1, 0.15) is 4.90 Å². The van der Waals surface area contributed by atoms with Crippen LogP contribution in [0.15, 0.2) is 23.1 Å². The van der Waals surface area contributed by atoms with Gasteiger partial charge in [-0.3, -0.25) is 20.4 Å². The van der Waals surface area contributed by atoms with Crippen LogP contribution in [0.2, 0.25) is 5.02 Å². The van der Waals surface area contributed by atoms with Crippen LogP contribution in [-0.4, -0.2) is 20.2 Å².